The van der Waals surface area contributed by atoms with E-state index in [0.717, 1.165) is 66.1 Å². The van der Waals surface area contributed by atoms with E-state index in [1.54, 1.807) is 50.4 Å². The minimum Gasteiger partial charge on any atom is -0.274 e. The van der Waals surface area contributed by atoms with Crippen LogP contribution in [0.3, 0.4) is 0 Å². The normalized spacial score (nSPS) is 16.6. The minimum atomic E-state index is -0.537. The molecule has 2 aromatic carbocycles. The van der Waals surface area contributed by atoms with Gasteiger partial charge in [-0.3, -0.25) is 29.0 Å². The molecule has 8 nitrogen and oxygen atoms in total. The van der Waals surface area contributed by atoms with E-state index in [0.29, 0.717) is 22.3 Å². The molecule has 0 spiro atoms. The van der Waals surface area contributed by atoms with Crippen LogP contribution in [0.15, 0.2) is 94.1 Å². The molecule has 0 saturated heterocycles. The van der Waals surface area contributed by atoms with Crippen molar-refractivity contribution >= 4 is 58.5 Å². The molecule has 0 atom stereocenters. The van der Waals surface area contributed by atoms with Gasteiger partial charge < -0.3 is 0 Å². The van der Waals surface area contributed by atoms with Crippen LogP contribution in [-0.4, -0.2) is 46.5 Å². The first-order valence-electron chi connectivity index (χ1n) is 25.3. The topological polar surface area (TPSA) is 122 Å². The number of hydrogen-bond donors (Lipinski definition) is 0. The van der Waals surface area contributed by atoms with Crippen molar-refractivity contribution in [3.63, 3.8) is 0 Å². The highest BCUT2D eigenvalue weighted by Crippen LogP contribution is 2.56. The van der Waals surface area contributed by atoms with Gasteiger partial charge in [-0.05, 0) is 134 Å². The Hall–Kier alpha value is -5.94. The Morgan fingerprint density at radius 3 is 1.26 bits per heavy atom. The summed E-state index contributed by atoms with van der Waals surface area (Å²) >= 11 is 3.21. The molecule has 0 radical (unpaired) electrons. The standard InChI is InChI=1S/C57H62N4O4S2.C2H6/c1-7-11-13-15-17-19-29-57(30-20-18-16-14-12-8-2)49-31-39(51-27-23-41(66-51)33-45-37(5)47(35-58)55(64)60(9-3)53(45)62)21-25-43(49)44-26-22-40(32-50(44)57)52-28-24-42(67-52)34-46-38(6)48(36-59)56(65)61(10-4)54(46)63;1-2/h21-28,31-34H,7-20,29-30H2,1-6H3;1-2H3/b45-33-,46-34-;. The second-order valence-corrected chi connectivity index (χ2v) is 20.3. The number of rotatable bonds is 20. The fourth-order valence-corrected chi connectivity index (χ4v) is 12.1. The largest absolute Gasteiger partial charge is 0.274 e. The van der Waals surface area contributed by atoms with Gasteiger partial charge in [-0.25, -0.2) is 0 Å². The number of unbranched alkanes of at least 4 members (excludes halogenated alkanes) is 10. The number of thiophene rings is 2. The number of nitriles is 2. The number of benzene rings is 2. The molecule has 0 bridgehead atoms. The van der Waals surface area contributed by atoms with Crippen LogP contribution >= 0.6 is 22.7 Å². The van der Waals surface area contributed by atoms with Gasteiger partial charge in [0.15, 0.2) is 0 Å². The summed E-state index contributed by atoms with van der Waals surface area (Å²) in [6.07, 6.45) is 20.3. The zero-order valence-electron chi connectivity index (χ0n) is 42.0. The van der Waals surface area contributed by atoms with Gasteiger partial charge >= 0.3 is 0 Å². The number of carbonyl (C=O) groups excluding carboxylic acids is 4. The molecule has 4 heterocycles. The predicted octanol–water partition coefficient (Wildman–Crippen LogP) is 15.2. The monoisotopic (exact) mass is 960 g/mol. The van der Waals surface area contributed by atoms with E-state index >= 15 is 0 Å². The van der Waals surface area contributed by atoms with Gasteiger partial charge in [0.05, 0.1) is 0 Å². The van der Waals surface area contributed by atoms with Gasteiger partial charge in [-0.1, -0.05) is 129 Å². The van der Waals surface area contributed by atoms with Crippen LogP contribution in [0.25, 0.3) is 44.2 Å². The maximum absolute atomic E-state index is 13.5. The lowest BCUT2D eigenvalue weighted by Crippen LogP contribution is -2.42. The summed E-state index contributed by atoms with van der Waals surface area (Å²) in [7, 11) is 0. The molecule has 7 rings (SSSR count). The van der Waals surface area contributed by atoms with Crippen molar-refractivity contribution in [3.05, 3.63) is 115 Å². The molecular weight excluding hydrogens is 893 g/mol. The highest BCUT2D eigenvalue weighted by Gasteiger charge is 2.43. The van der Waals surface area contributed by atoms with Crippen LogP contribution in [0, 0.1) is 22.7 Å². The summed E-state index contributed by atoms with van der Waals surface area (Å²) in [5, 5.41) is 19.6. The summed E-state index contributed by atoms with van der Waals surface area (Å²) in [6, 6.07) is 26.3. The highest BCUT2D eigenvalue weighted by molar-refractivity contribution is 7.16. The van der Waals surface area contributed by atoms with Crippen molar-refractivity contribution in [2.24, 2.45) is 0 Å². The number of hydrogen-bond acceptors (Lipinski definition) is 8. The second-order valence-electron chi connectivity index (χ2n) is 18.1. The van der Waals surface area contributed by atoms with Crippen molar-refractivity contribution in [2.45, 2.75) is 151 Å². The molecule has 4 amide bonds. The zero-order chi connectivity index (χ0) is 49.8. The van der Waals surface area contributed by atoms with E-state index in [2.05, 4.69) is 62.4 Å². The molecular formula is C59H68N4O4S2. The number of amides is 4. The van der Waals surface area contributed by atoms with E-state index in [1.807, 2.05) is 50.3 Å². The van der Waals surface area contributed by atoms with E-state index in [4.69, 9.17) is 0 Å². The number of carbonyl (C=O) groups is 4. The van der Waals surface area contributed by atoms with E-state index in [9.17, 15) is 29.7 Å². The summed E-state index contributed by atoms with van der Waals surface area (Å²) in [6.45, 7) is 15.8. The van der Waals surface area contributed by atoms with Crippen LogP contribution in [0.5, 0.6) is 0 Å². The third kappa shape index (κ3) is 10.8. The molecule has 69 heavy (non-hydrogen) atoms. The molecule has 4 aromatic rings. The van der Waals surface area contributed by atoms with E-state index in [1.165, 1.54) is 86.5 Å². The third-order valence-electron chi connectivity index (χ3n) is 14.0. The van der Waals surface area contributed by atoms with E-state index < -0.39 is 11.8 Å². The predicted molar refractivity (Wildman–Crippen MR) is 284 cm³/mol. The summed E-state index contributed by atoms with van der Waals surface area (Å²) in [5.41, 5.74) is 8.97. The summed E-state index contributed by atoms with van der Waals surface area (Å²) < 4.78 is 0. The molecule has 2 aliphatic heterocycles. The maximum atomic E-state index is 13.5. The van der Waals surface area contributed by atoms with Crippen LogP contribution in [0.1, 0.15) is 166 Å². The molecule has 0 unspecified atom stereocenters. The first kappa shape index (κ1) is 52.4. The third-order valence-corrected chi connectivity index (χ3v) is 16.1. The van der Waals surface area contributed by atoms with Gasteiger partial charge in [0, 0.05) is 49.2 Å². The molecule has 3 aliphatic rings. The first-order chi connectivity index (χ1) is 33.5. The molecule has 0 fully saturated rings. The van der Waals surface area contributed by atoms with Crippen molar-refractivity contribution in [2.75, 3.05) is 13.1 Å². The Bertz CT molecular complexity index is 2610. The maximum Gasteiger partial charge on any atom is 0.271 e. The summed E-state index contributed by atoms with van der Waals surface area (Å²) in [5.74, 6) is -1.82. The fourth-order valence-electron chi connectivity index (χ4n) is 10.2. The number of nitrogens with zero attached hydrogens (tertiary/aromatic N) is 4. The Morgan fingerprint density at radius 2 is 0.899 bits per heavy atom. The van der Waals surface area contributed by atoms with Crippen molar-refractivity contribution in [3.8, 4) is 44.1 Å². The van der Waals surface area contributed by atoms with E-state index in [-0.39, 0.29) is 41.5 Å². The second kappa shape index (κ2) is 24.1. The molecule has 0 N–H and O–H groups in total. The average Bonchev–Trinajstić information content (AvgIpc) is 4.10. The number of fused-ring (bicyclic) bond motifs is 3. The van der Waals surface area contributed by atoms with Gasteiger partial charge in [-0.15, -0.1) is 22.7 Å². The molecule has 0 saturated carbocycles. The van der Waals surface area contributed by atoms with Crippen molar-refractivity contribution in [1.29, 1.82) is 10.5 Å². The van der Waals surface area contributed by atoms with Crippen LogP contribution in [-0.2, 0) is 24.6 Å². The quantitative estimate of drug-likeness (QED) is 0.0494. The first-order valence-corrected chi connectivity index (χ1v) is 27.0. The molecule has 1 aliphatic carbocycles. The SMILES string of the molecule is CC.CCCCCCCCC1(CCCCCCCC)c2cc(-c3ccc(/C=C4\C(=O)N(CC)C(=O)C(C#N)=C4C)s3)ccc2-c2ccc(-c3ccc(/C=C4\C(=O)N(CC)C(=O)C(C#N)=C4C)s3)cc21. The smallest absolute Gasteiger partial charge is 0.271 e. The lowest BCUT2D eigenvalue weighted by atomic mass is 9.70. The number of imide groups is 2. The number of likely N-dealkylation sites (N-methyl/N-ethyl adjacent to an activating group) is 2. The average molecular weight is 961 g/mol. The Kier molecular flexibility index (Phi) is 18.3. The lowest BCUT2D eigenvalue weighted by Gasteiger charge is -2.33. The lowest BCUT2D eigenvalue weighted by molar-refractivity contribution is -0.141. The molecule has 10 heteroatoms. The van der Waals surface area contributed by atoms with Crippen molar-refractivity contribution in [1.82, 2.24) is 9.80 Å². The molecule has 2 aromatic heterocycles. The van der Waals surface area contributed by atoms with Crippen molar-refractivity contribution < 1.29 is 19.2 Å². The van der Waals surface area contributed by atoms with Gasteiger partial charge in [0.1, 0.15) is 23.3 Å². The zero-order valence-corrected chi connectivity index (χ0v) is 43.6. The van der Waals surface area contributed by atoms with Crippen LogP contribution < -0.4 is 0 Å². The van der Waals surface area contributed by atoms with Gasteiger partial charge in [0.25, 0.3) is 23.6 Å². The highest BCUT2D eigenvalue weighted by atomic mass is 32.1. The summed E-state index contributed by atoms with van der Waals surface area (Å²) in [4.78, 5) is 58.9. The minimum absolute atomic E-state index is 0.00973. The van der Waals surface area contributed by atoms with Gasteiger partial charge in [0.2, 0.25) is 0 Å². The van der Waals surface area contributed by atoms with Crippen LogP contribution in [0.4, 0.5) is 0 Å². The Morgan fingerprint density at radius 1 is 0.522 bits per heavy atom. The van der Waals surface area contributed by atoms with Crippen LogP contribution in [0.2, 0.25) is 0 Å². The Balaban J connectivity index is 0.00000386. The molecule has 360 valence electrons. The fraction of sp³-hybridized carbons (Fsp3) is 0.424. The Labute approximate surface area is 418 Å². The van der Waals surface area contributed by atoms with Gasteiger partial charge in [-0.2, -0.15) is 10.5 Å².